The summed E-state index contributed by atoms with van der Waals surface area (Å²) < 4.78 is 6.62. The van der Waals surface area contributed by atoms with Gasteiger partial charge in [-0.15, -0.1) is 0 Å². The van der Waals surface area contributed by atoms with E-state index in [0.717, 1.165) is 16.6 Å². The number of methoxy groups -OCH3 is 1. The summed E-state index contributed by atoms with van der Waals surface area (Å²) >= 11 is 3.54. The maximum Gasteiger partial charge on any atom is 0.125 e. The largest absolute Gasteiger partial charge is 0.496 e. The van der Waals surface area contributed by atoms with Gasteiger partial charge in [-0.25, -0.2) is 0 Å². The van der Waals surface area contributed by atoms with Gasteiger partial charge in [0.25, 0.3) is 0 Å². The lowest BCUT2D eigenvalue weighted by Gasteiger charge is -2.24. The van der Waals surface area contributed by atoms with Crippen molar-refractivity contribution in [2.24, 2.45) is 5.73 Å². The van der Waals surface area contributed by atoms with Crippen molar-refractivity contribution in [3.8, 4) is 5.75 Å². The zero-order valence-corrected chi connectivity index (χ0v) is 12.0. The highest BCUT2D eigenvalue weighted by molar-refractivity contribution is 9.10. The lowest BCUT2D eigenvalue weighted by Crippen LogP contribution is -2.15. The molecule has 0 saturated heterocycles. The summed E-state index contributed by atoms with van der Waals surface area (Å²) in [5.41, 5.74) is 8.08. The molecule has 0 heterocycles. The molecule has 2 nitrogen and oxygen atoms in total. The maximum absolute atomic E-state index is 5.62. The van der Waals surface area contributed by atoms with Crippen LogP contribution in [0.5, 0.6) is 5.75 Å². The third kappa shape index (κ3) is 2.98. The topological polar surface area (TPSA) is 35.2 Å². The molecule has 2 N–H and O–H groups in total. The quantitative estimate of drug-likeness (QED) is 0.925. The minimum atomic E-state index is 0.0679. The van der Waals surface area contributed by atoms with Gasteiger partial charge in [-0.2, -0.15) is 0 Å². The van der Waals surface area contributed by atoms with Crippen molar-refractivity contribution >= 4 is 15.9 Å². The van der Waals surface area contributed by atoms with E-state index in [2.05, 4.69) is 48.8 Å². The van der Waals surface area contributed by atoms with Crippen LogP contribution in [0.1, 0.15) is 31.9 Å². The smallest absolute Gasteiger partial charge is 0.125 e. The van der Waals surface area contributed by atoms with Gasteiger partial charge in [0.15, 0.2) is 0 Å². The van der Waals surface area contributed by atoms with E-state index in [4.69, 9.17) is 10.5 Å². The number of rotatable bonds is 3. The van der Waals surface area contributed by atoms with Crippen molar-refractivity contribution in [1.82, 2.24) is 0 Å². The number of hydrogen-bond acceptors (Lipinski definition) is 2. The minimum absolute atomic E-state index is 0.0679. The average molecular weight is 286 g/mol. The molecule has 16 heavy (non-hydrogen) atoms. The molecule has 0 aliphatic heterocycles. The highest BCUT2D eigenvalue weighted by Gasteiger charge is 2.21. The monoisotopic (exact) mass is 285 g/mol. The number of halogens is 1. The van der Waals surface area contributed by atoms with Gasteiger partial charge in [0.2, 0.25) is 0 Å². The van der Waals surface area contributed by atoms with Gasteiger partial charge in [0.05, 0.1) is 7.11 Å². The average Bonchev–Trinajstić information content (AvgIpc) is 2.16. The molecule has 1 rings (SSSR count). The van der Waals surface area contributed by atoms with Crippen LogP contribution in [0.3, 0.4) is 0 Å². The summed E-state index contributed by atoms with van der Waals surface area (Å²) in [4.78, 5) is 0. The normalized spacial score (nSPS) is 11.6. The van der Waals surface area contributed by atoms with Gasteiger partial charge in [-0.1, -0.05) is 36.7 Å². The standard InChI is InChI=1S/C13H20BrNO/c1-13(2,3)11-8-10(14)7-9(5-6-15)12(11)16-4/h7-8H,5-6,15H2,1-4H3. The van der Waals surface area contributed by atoms with Crippen LogP contribution in [0, 0.1) is 0 Å². The summed E-state index contributed by atoms with van der Waals surface area (Å²) in [5.74, 6) is 0.973. The molecule has 0 saturated carbocycles. The number of hydrogen-bond donors (Lipinski definition) is 1. The molecule has 0 amide bonds. The number of ether oxygens (including phenoxy) is 1. The van der Waals surface area contributed by atoms with Crippen molar-refractivity contribution in [2.75, 3.05) is 13.7 Å². The summed E-state index contributed by atoms with van der Waals surface area (Å²) in [5, 5.41) is 0. The summed E-state index contributed by atoms with van der Waals surface area (Å²) in [6, 6.07) is 4.21. The Labute approximate surface area is 106 Å². The van der Waals surface area contributed by atoms with Crippen LogP contribution in [-0.4, -0.2) is 13.7 Å². The minimum Gasteiger partial charge on any atom is -0.496 e. The molecule has 0 aliphatic carbocycles. The van der Waals surface area contributed by atoms with Gasteiger partial charge in [-0.3, -0.25) is 0 Å². The fourth-order valence-corrected chi connectivity index (χ4v) is 2.29. The molecule has 1 aromatic carbocycles. The first-order chi connectivity index (χ1) is 7.40. The maximum atomic E-state index is 5.62. The van der Waals surface area contributed by atoms with Crippen molar-refractivity contribution in [3.63, 3.8) is 0 Å². The van der Waals surface area contributed by atoms with Crippen molar-refractivity contribution < 1.29 is 4.74 Å². The highest BCUT2D eigenvalue weighted by Crippen LogP contribution is 2.36. The molecule has 0 radical (unpaired) electrons. The van der Waals surface area contributed by atoms with Crippen LogP contribution in [0.2, 0.25) is 0 Å². The lowest BCUT2D eigenvalue weighted by atomic mass is 9.85. The Hall–Kier alpha value is -0.540. The first-order valence-electron chi connectivity index (χ1n) is 5.47. The molecular formula is C13H20BrNO. The molecule has 0 aliphatic rings. The Morgan fingerprint density at radius 1 is 1.31 bits per heavy atom. The molecular weight excluding hydrogens is 266 g/mol. The summed E-state index contributed by atoms with van der Waals surface area (Å²) in [7, 11) is 1.72. The lowest BCUT2D eigenvalue weighted by molar-refractivity contribution is 0.392. The van der Waals surface area contributed by atoms with E-state index in [1.807, 2.05) is 0 Å². The summed E-state index contributed by atoms with van der Waals surface area (Å²) in [6.07, 6.45) is 0.839. The predicted molar refractivity (Wildman–Crippen MR) is 72.2 cm³/mol. The van der Waals surface area contributed by atoms with Gasteiger partial charge in [0, 0.05) is 10.0 Å². The molecule has 0 bridgehead atoms. The molecule has 90 valence electrons. The van der Waals surface area contributed by atoms with Crippen molar-refractivity contribution in [3.05, 3.63) is 27.7 Å². The Morgan fingerprint density at radius 3 is 2.38 bits per heavy atom. The summed E-state index contributed by atoms with van der Waals surface area (Å²) in [6.45, 7) is 7.19. The molecule has 0 atom stereocenters. The van der Waals surface area contributed by atoms with Gasteiger partial charge in [0.1, 0.15) is 5.75 Å². The van der Waals surface area contributed by atoms with E-state index in [1.54, 1.807) is 7.11 Å². The van der Waals surface area contributed by atoms with Crippen LogP contribution in [0.25, 0.3) is 0 Å². The van der Waals surface area contributed by atoms with Crippen LogP contribution >= 0.6 is 15.9 Å². The number of benzene rings is 1. The van der Waals surface area contributed by atoms with E-state index in [1.165, 1.54) is 11.1 Å². The fraction of sp³-hybridized carbons (Fsp3) is 0.538. The molecule has 0 fully saturated rings. The first kappa shape index (κ1) is 13.5. The second-order valence-corrected chi connectivity index (χ2v) is 5.85. The van der Waals surface area contributed by atoms with E-state index in [-0.39, 0.29) is 5.41 Å². The Balaban J connectivity index is 3.36. The van der Waals surface area contributed by atoms with E-state index in [9.17, 15) is 0 Å². The number of nitrogens with two attached hydrogens (primary N) is 1. The second kappa shape index (κ2) is 5.19. The van der Waals surface area contributed by atoms with Crippen molar-refractivity contribution in [1.29, 1.82) is 0 Å². The van der Waals surface area contributed by atoms with E-state index < -0.39 is 0 Å². The third-order valence-corrected chi connectivity index (χ3v) is 3.01. The van der Waals surface area contributed by atoms with E-state index in [0.29, 0.717) is 6.54 Å². The highest BCUT2D eigenvalue weighted by atomic mass is 79.9. The van der Waals surface area contributed by atoms with Crippen LogP contribution in [0.15, 0.2) is 16.6 Å². The van der Waals surface area contributed by atoms with Gasteiger partial charge in [-0.05, 0) is 36.1 Å². The Bertz CT molecular complexity index is 369. The Morgan fingerprint density at radius 2 is 1.94 bits per heavy atom. The van der Waals surface area contributed by atoms with E-state index >= 15 is 0 Å². The zero-order chi connectivity index (χ0) is 12.3. The molecule has 0 spiro atoms. The van der Waals surface area contributed by atoms with Crippen LogP contribution in [0.4, 0.5) is 0 Å². The fourth-order valence-electron chi connectivity index (χ4n) is 1.79. The van der Waals surface area contributed by atoms with Gasteiger partial charge < -0.3 is 10.5 Å². The SMILES string of the molecule is COc1c(CCN)cc(Br)cc1C(C)(C)C. The Kier molecular flexibility index (Phi) is 4.39. The van der Waals surface area contributed by atoms with Crippen LogP contribution < -0.4 is 10.5 Å². The molecule has 0 aromatic heterocycles. The molecule has 0 unspecified atom stereocenters. The zero-order valence-electron chi connectivity index (χ0n) is 10.4. The van der Waals surface area contributed by atoms with Crippen LogP contribution in [-0.2, 0) is 11.8 Å². The van der Waals surface area contributed by atoms with Gasteiger partial charge >= 0.3 is 0 Å². The first-order valence-corrected chi connectivity index (χ1v) is 6.26. The van der Waals surface area contributed by atoms with Crippen molar-refractivity contribution in [2.45, 2.75) is 32.6 Å². The predicted octanol–water partition coefficient (Wildman–Crippen LogP) is 3.26. The second-order valence-electron chi connectivity index (χ2n) is 4.93. The molecule has 1 aromatic rings. The molecule has 3 heteroatoms. The third-order valence-electron chi connectivity index (χ3n) is 2.56.